The maximum atomic E-state index is 11.7. The molecule has 2 rings (SSSR count). The van der Waals surface area contributed by atoms with Crippen LogP contribution in [0.25, 0.3) is 0 Å². The van der Waals surface area contributed by atoms with E-state index in [1.54, 1.807) is 6.92 Å². The van der Waals surface area contributed by atoms with E-state index in [4.69, 9.17) is 4.74 Å². The summed E-state index contributed by atoms with van der Waals surface area (Å²) in [5, 5.41) is 1.90. The van der Waals surface area contributed by atoms with E-state index in [0.29, 0.717) is 17.3 Å². The number of aryl methyl sites for hydroxylation is 1. The number of thiazole rings is 1. The summed E-state index contributed by atoms with van der Waals surface area (Å²) >= 11 is 1.45. The minimum atomic E-state index is -0.428. The van der Waals surface area contributed by atoms with Crippen molar-refractivity contribution in [3.8, 4) is 0 Å². The molecule has 88 valence electrons. The molecule has 1 atom stereocenters. The zero-order chi connectivity index (χ0) is 11.5. The van der Waals surface area contributed by atoms with Crippen LogP contribution in [0.5, 0.6) is 0 Å². The van der Waals surface area contributed by atoms with E-state index in [0.717, 1.165) is 0 Å². The molecule has 0 N–H and O–H groups in total. The number of rotatable bonds is 4. The standard InChI is InChI=1S/C11H16N2O2S/c1-8(15-7-9-3-4-9)10(14)12-11-13(2)5-6-16-11/h5-6,8-9H,3-4,7H2,1-2H3. The minimum Gasteiger partial charge on any atom is -0.368 e. The minimum absolute atomic E-state index is 0.196. The van der Waals surface area contributed by atoms with Gasteiger partial charge in [-0.1, -0.05) is 0 Å². The SMILES string of the molecule is CC(OCC1CC1)C(=O)N=c1sccn1C. The third kappa shape index (κ3) is 3.02. The molecule has 0 saturated heterocycles. The molecule has 0 aliphatic heterocycles. The lowest BCUT2D eigenvalue weighted by atomic mass is 10.4. The van der Waals surface area contributed by atoms with Gasteiger partial charge in [0.25, 0.3) is 5.91 Å². The molecular formula is C11H16N2O2S. The first-order chi connectivity index (χ1) is 7.66. The van der Waals surface area contributed by atoms with Crippen LogP contribution in [-0.4, -0.2) is 23.2 Å². The molecule has 1 aliphatic carbocycles. The van der Waals surface area contributed by atoms with Crippen LogP contribution in [0, 0.1) is 5.92 Å². The number of carbonyl (C=O) groups excluding carboxylic acids is 1. The highest BCUT2D eigenvalue weighted by Gasteiger charge is 2.23. The highest BCUT2D eigenvalue weighted by Crippen LogP contribution is 2.29. The van der Waals surface area contributed by atoms with Crippen LogP contribution in [0.4, 0.5) is 0 Å². The second-order valence-electron chi connectivity index (χ2n) is 4.17. The molecule has 1 unspecified atom stereocenters. The Kier molecular flexibility index (Phi) is 3.56. The van der Waals surface area contributed by atoms with Gasteiger partial charge in [-0.2, -0.15) is 4.99 Å². The Balaban J connectivity index is 1.93. The second-order valence-corrected chi connectivity index (χ2v) is 5.04. The van der Waals surface area contributed by atoms with E-state index >= 15 is 0 Å². The van der Waals surface area contributed by atoms with Crippen molar-refractivity contribution < 1.29 is 9.53 Å². The molecule has 1 fully saturated rings. The van der Waals surface area contributed by atoms with Crippen LogP contribution in [0.3, 0.4) is 0 Å². The number of hydrogen-bond acceptors (Lipinski definition) is 3. The first-order valence-electron chi connectivity index (χ1n) is 5.47. The van der Waals surface area contributed by atoms with Gasteiger partial charge in [0.1, 0.15) is 6.10 Å². The maximum absolute atomic E-state index is 11.7. The van der Waals surface area contributed by atoms with Crippen molar-refractivity contribution in [3.05, 3.63) is 16.4 Å². The molecule has 0 spiro atoms. The zero-order valence-corrected chi connectivity index (χ0v) is 10.4. The molecule has 5 heteroatoms. The van der Waals surface area contributed by atoms with Crippen LogP contribution in [0.2, 0.25) is 0 Å². The smallest absolute Gasteiger partial charge is 0.277 e. The van der Waals surface area contributed by atoms with Crippen molar-refractivity contribution in [1.29, 1.82) is 0 Å². The Bertz CT molecular complexity index is 431. The van der Waals surface area contributed by atoms with Crippen LogP contribution in [-0.2, 0) is 16.6 Å². The number of hydrogen-bond donors (Lipinski definition) is 0. The Labute approximate surface area is 98.6 Å². The second kappa shape index (κ2) is 4.93. The predicted molar refractivity (Wildman–Crippen MR) is 62.0 cm³/mol. The lowest BCUT2D eigenvalue weighted by molar-refractivity contribution is -0.128. The van der Waals surface area contributed by atoms with Gasteiger partial charge in [0.2, 0.25) is 0 Å². The highest BCUT2D eigenvalue weighted by molar-refractivity contribution is 7.07. The predicted octanol–water partition coefficient (Wildman–Crippen LogP) is 1.33. The molecule has 1 aromatic rings. The fraction of sp³-hybridized carbons (Fsp3) is 0.636. The quantitative estimate of drug-likeness (QED) is 0.797. The molecule has 1 saturated carbocycles. The first kappa shape index (κ1) is 11.5. The summed E-state index contributed by atoms with van der Waals surface area (Å²) in [5.74, 6) is 0.479. The van der Waals surface area contributed by atoms with Gasteiger partial charge in [-0.3, -0.25) is 4.79 Å². The third-order valence-electron chi connectivity index (χ3n) is 2.59. The van der Waals surface area contributed by atoms with Crippen molar-refractivity contribution >= 4 is 17.2 Å². The average Bonchev–Trinajstić information content (AvgIpc) is 3.01. The molecule has 16 heavy (non-hydrogen) atoms. The Morgan fingerprint density at radius 2 is 2.50 bits per heavy atom. The molecule has 0 aromatic carbocycles. The normalized spacial score (nSPS) is 18.8. The average molecular weight is 240 g/mol. The maximum Gasteiger partial charge on any atom is 0.277 e. The Hall–Kier alpha value is -0.940. The largest absolute Gasteiger partial charge is 0.368 e. The van der Waals surface area contributed by atoms with Crippen LogP contribution in [0.1, 0.15) is 19.8 Å². The zero-order valence-electron chi connectivity index (χ0n) is 9.55. The molecule has 0 radical (unpaired) electrons. The lowest BCUT2D eigenvalue weighted by Gasteiger charge is -2.07. The summed E-state index contributed by atoms with van der Waals surface area (Å²) in [5.41, 5.74) is 0. The molecule has 0 bridgehead atoms. The summed E-state index contributed by atoms with van der Waals surface area (Å²) in [6.07, 6.45) is 3.92. The summed E-state index contributed by atoms with van der Waals surface area (Å²) in [4.78, 5) is 16.4. The Morgan fingerprint density at radius 3 is 3.06 bits per heavy atom. The van der Waals surface area contributed by atoms with Gasteiger partial charge < -0.3 is 9.30 Å². The van der Waals surface area contributed by atoms with Gasteiger partial charge in [0, 0.05) is 18.6 Å². The van der Waals surface area contributed by atoms with Crippen LogP contribution >= 0.6 is 11.3 Å². The molecule has 1 aromatic heterocycles. The van der Waals surface area contributed by atoms with E-state index in [1.807, 2.05) is 23.2 Å². The number of nitrogens with zero attached hydrogens (tertiary/aromatic N) is 2. The van der Waals surface area contributed by atoms with Crippen molar-refractivity contribution in [3.63, 3.8) is 0 Å². The molecule has 4 nitrogen and oxygen atoms in total. The van der Waals surface area contributed by atoms with E-state index in [1.165, 1.54) is 24.2 Å². The number of aromatic nitrogens is 1. The van der Waals surface area contributed by atoms with E-state index in [2.05, 4.69) is 4.99 Å². The van der Waals surface area contributed by atoms with Gasteiger partial charge in [-0.05, 0) is 25.7 Å². The van der Waals surface area contributed by atoms with E-state index in [-0.39, 0.29) is 5.91 Å². The molecule has 1 amide bonds. The Morgan fingerprint density at radius 1 is 1.75 bits per heavy atom. The van der Waals surface area contributed by atoms with Crippen molar-refractivity contribution in [2.75, 3.05) is 6.61 Å². The van der Waals surface area contributed by atoms with E-state index < -0.39 is 6.10 Å². The molecule has 1 heterocycles. The molecular weight excluding hydrogens is 224 g/mol. The lowest BCUT2D eigenvalue weighted by Crippen LogP contribution is -2.23. The van der Waals surface area contributed by atoms with Crippen LogP contribution < -0.4 is 4.80 Å². The summed E-state index contributed by atoms with van der Waals surface area (Å²) < 4.78 is 7.30. The first-order valence-corrected chi connectivity index (χ1v) is 6.35. The van der Waals surface area contributed by atoms with Gasteiger partial charge >= 0.3 is 0 Å². The van der Waals surface area contributed by atoms with Gasteiger partial charge in [0.05, 0.1) is 6.61 Å². The highest BCUT2D eigenvalue weighted by atomic mass is 32.1. The summed E-state index contributed by atoms with van der Waals surface area (Å²) in [6.45, 7) is 2.46. The van der Waals surface area contributed by atoms with Gasteiger partial charge in [0.15, 0.2) is 4.80 Å². The van der Waals surface area contributed by atoms with Crippen molar-refractivity contribution in [2.24, 2.45) is 18.0 Å². The molecule has 1 aliphatic rings. The van der Waals surface area contributed by atoms with Gasteiger partial charge in [-0.15, -0.1) is 11.3 Å². The van der Waals surface area contributed by atoms with E-state index in [9.17, 15) is 4.79 Å². The summed E-state index contributed by atoms with van der Waals surface area (Å²) in [6, 6.07) is 0. The summed E-state index contributed by atoms with van der Waals surface area (Å²) in [7, 11) is 1.87. The number of carbonyl (C=O) groups is 1. The van der Waals surface area contributed by atoms with Crippen LogP contribution in [0.15, 0.2) is 16.6 Å². The fourth-order valence-corrected chi connectivity index (χ4v) is 1.99. The third-order valence-corrected chi connectivity index (χ3v) is 3.44. The topological polar surface area (TPSA) is 43.6 Å². The monoisotopic (exact) mass is 240 g/mol. The van der Waals surface area contributed by atoms with Crippen molar-refractivity contribution in [1.82, 2.24) is 4.57 Å². The number of amides is 1. The fourth-order valence-electron chi connectivity index (χ4n) is 1.26. The van der Waals surface area contributed by atoms with Crippen molar-refractivity contribution in [2.45, 2.75) is 25.9 Å². The number of ether oxygens (including phenoxy) is 1. The van der Waals surface area contributed by atoms with Gasteiger partial charge in [-0.25, -0.2) is 0 Å².